The molecule has 1 amide bonds. The topological polar surface area (TPSA) is 103 Å². The predicted octanol–water partition coefficient (Wildman–Crippen LogP) is 4.03. The fraction of sp³-hybridized carbons (Fsp3) is 0.0500. The van der Waals surface area contributed by atoms with E-state index in [4.69, 9.17) is 0 Å². The summed E-state index contributed by atoms with van der Waals surface area (Å²) in [6.45, 7) is 1.82. The summed E-state index contributed by atoms with van der Waals surface area (Å²) >= 11 is 0. The van der Waals surface area contributed by atoms with Crippen LogP contribution in [0, 0.1) is 22.9 Å². The largest absolute Gasteiger partial charge is 0.322 e. The molecule has 8 nitrogen and oxygen atoms in total. The molecular weight excluding hydrogens is 377 g/mol. The van der Waals surface area contributed by atoms with Gasteiger partial charge in [-0.25, -0.2) is 4.39 Å². The van der Waals surface area contributed by atoms with E-state index in [1.807, 2.05) is 6.92 Å². The summed E-state index contributed by atoms with van der Waals surface area (Å²) in [6.07, 6.45) is 0. The molecule has 0 saturated heterocycles. The van der Waals surface area contributed by atoms with E-state index in [-0.39, 0.29) is 11.5 Å². The third-order valence-electron chi connectivity index (χ3n) is 4.37. The van der Waals surface area contributed by atoms with Gasteiger partial charge in [0, 0.05) is 23.4 Å². The van der Waals surface area contributed by atoms with Crippen molar-refractivity contribution in [3.63, 3.8) is 0 Å². The van der Waals surface area contributed by atoms with Gasteiger partial charge in [-0.05, 0) is 61.0 Å². The molecular formula is C20H14FN5O3. The van der Waals surface area contributed by atoms with Gasteiger partial charge in [0.15, 0.2) is 0 Å². The summed E-state index contributed by atoms with van der Waals surface area (Å²) in [5, 5.41) is 22.3. The highest BCUT2D eigenvalue weighted by Gasteiger charge is 2.13. The van der Waals surface area contributed by atoms with Crippen LogP contribution in [-0.4, -0.2) is 25.8 Å². The highest BCUT2D eigenvalue weighted by Crippen LogP contribution is 2.23. The number of non-ortho nitro benzene ring substituents is 1. The summed E-state index contributed by atoms with van der Waals surface area (Å²) in [6, 6.07) is 14.6. The number of fused-ring (bicyclic) bond motifs is 1. The maximum Gasteiger partial charge on any atom is 0.269 e. The van der Waals surface area contributed by atoms with Gasteiger partial charge in [-0.15, -0.1) is 10.2 Å². The minimum atomic E-state index is -0.524. The van der Waals surface area contributed by atoms with E-state index in [9.17, 15) is 19.3 Å². The number of nitrogens with one attached hydrogen (secondary N) is 1. The fourth-order valence-corrected chi connectivity index (χ4v) is 2.82. The molecule has 1 aromatic heterocycles. The number of carbonyl (C=O) groups is 1. The van der Waals surface area contributed by atoms with Crippen LogP contribution in [0.3, 0.4) is 0 Å². The molecule has 0 atom stereocenters. The molecule has 0 spiro atoms. The van der Waals surface area contributed by atoms with Crippen LogP contribution in [0.2, 0.25) is 0 Å². The number of carbonyl (C=O) groups excluding carboxylic acids is 1. The lowest BCUT2D eigenvalue weighted by atomic mass is 10.1. The normalized spacial score (nSPS) is 10.8. The number of rotatable bonds is 4. The lowest BCUT2D eigenvalue weighted by Crippen LogP contribution is -2.12. The number of hydrogen-bond donors (Lipinski definition) is 1. The van der Waals surface area contributed by atoms with E-state index >= 15 is 0 Å². The second-order valence-electron chi connectivity index (χ2n) is 6.38. The van der Waals surface area contributed by atoms with Crippen LogP contribution in [-0.2, 0) is 0 Å². The molecule has 0 aliphatic rings. The number of anilines is 1. The standard InChI is InChI=1S/C20H14FN5O3/c1-12-10-18-19(24-25(23-18)15-8-4-14(21)5-9-15)11-17(12)22-20(27)13-2-6-16(7-3-13)26(28)29/h2-11H,1H3,(H,22,27). The molecule has 0 fully saturated rings. The number of nitrogens with zero attached hydrogens (tertiary/aromatic N) is 4. The average Bonchev–Trinajstić information content (AvgIpc) is 3.11. The van der Waals surface area contributed by atoms with Gasteiger partial charge in [0.1, 0.15) is 16.9 Å². The van der Waals surface area contributed by atoms with E-state index < -0.39 is 10.8 Å². The van der Waals surface area contributed by atoms with Gasteiger partial charge >= 0.3 is 0 Å². The SMILES string of the molecule is Cc1cc2nn(-c3ccc(F)cc3)nc2cc1NC(=O)c1ccc([N+](=O)[O-])cc1. The summed E-state index contributed by atoms with van der Waals surface area (Å²) in [5.74, 6) is -0.745. The maximum atomic E-state index is 13.1. The predicted molar refractivity (Wildman–Crippen MR) is 105 cm³/mol. The van der Waals surface area contributed by atoms with Crippen molar-refractivity contribution in [1.29, 1.82) is 0 Å². The Bertz CT molecular complexity index is 1230. The van der Waals surface area contributed by atoms with Crippen molar-refractivity contribution in [2.75, 3.05) is 5.32 Å². The van der Waals surface area contributed by atoms with Crippen molar-refractivity contribution >= 4 is 28.3 Å². The van der Waals surface area contributed by atoms with Gasteiger partial charge in [-0.1, -0.05) is 0 Å². The number of nitro benzene ring substituents is 1. The summed E-state index contributed by atoms with van der Waals surface area (Å²) in [7, 11) is 0. The van der Waals surface area contributed by atoms with Crippen LogP contribution in [0.1, 0.15) is 15.9 Å². The summed E-state index contributed by atoms with van der Waals surface area (Å²) in [4.78, 5) is 24.1. The Morgan fingerprint density at radius 2 is 1.66 bits per heavy atom. The van der Waals surface area contributed by atoms with Crippen LogP contribution < -0.4 is 5.32 Å². The van der Waals surface area contributed by atoms with Gasteiger partial charge in [0.2, 0.25) is 0 Å². The van der Waals surface area contributed by atoms with E-state index in [2.05, 4.69) is 15.5 Å². The first-order chi connectivity index (χ1) is 13.9. The van der Waals surface area contributed by atoms with Crippen LogP contribution in [0.5, 0.6) is 0 Å². The van der Waals surface area contributed by atoms with Crippen molar-refractivity contribution in [3.8, 4) is 5.69 Å². The van der Waals surface area contributed by atoms with E-state index in [0.717, 1.165) is 5.56 Å². The Morgan fingerprint density at radius 1 is 1.03 bits per heavy atom. The number of benzene rings is 3. The van der Waals surface area contributed by atoms with E-state index in [0.29, 0.717) is 28.0 Å². The number of hydrogen-bond acceptors (Lipinski definition) is 5. The smallest absolute Gasteiger partial charge is 0.269 e. The molecule has 0 radical (unpaired) electrons. The summed E-state index contributed by atoms with van der Waals surface area (Å²) in [5.41, 5.74) is 3.32. The zero-order chi connectivity index (χ0) is 20.5. The first kappa shape index (κ1) is 18.2. The first-order valence-corrected chi connectivity index (χ1v) is 8.60. The van der Waals surface area contributed by atoms with Crippen LogP contribution in [0.25, 0.3) is 16.7 Å². The molecule has 1 N–H and O–H groups in total. The molecule has 0 bridgehead atoms. The van der Waals surface area contributed by atoms with E-state index in [1.54, 1.807) is 24.3 Å². The monoisotopic (exact) mass is 391 g/mol. The Kier molecular flexibility index (Phi) is 4.47. The van der Waals surface area contributed by atoms with Crippen LogP contribution in [0.15, 0.2) is 60.7 Å². The van der Waals surface area contributed by atoms with Gasteiger partial charge in [-0.3, -0.25) is 14.9 Å². The number of nitro groups is 1. The molecule has 4 aromatic rings. The van der Waals surface area contributed by atoms with Crippen molar-refractivity contribution in [2.45, 2.75) is 6.92 Å². The molecule has 4 rings (SSSR count). The highest BCUT2D eigenvalue weighted by atomic mass is 19.1. The Morgan fingerprint density at radius 3 is 2.28 bits per heavy atom. The second kappa shape index (κ2) is 7.12. The minimum absolute atomic E-state index is 0.0865. The molecule has 9 heteroatoms. The van der Waals surface area contributed by atoms with Crippen molar-refractivity contribution < 1.29 is 14.1 Å². The van der Waals surface area contributed by atoms with Crippen molar-refractivity contribution in [1.82, 2.24) is 15.0 Å². The Balaban J connectivity index is 1.61. The second-order valence-corrected chi connectivity index (χ2v) is 6.38. The lowest BCUT2D eigenvalue weighted by molar-refractivity contribution is -0.384. The zero-order valence-corrected chi connectivity index (χ0v) is 15.2. The summed E-state index contributed by atoms with van der Waals surface area (Å²) < 4.78 is 13.1. The molecule has 1 heterocycles. The molecule has 0 aliphatic heterocycles. The third-order valence-corrected chi connectivity index (χ3v) is 4.37. The van der Waals surface area contributed by atoms with Crippen LogP contribution >= 0.6 is 0 Å². The molecule has 0 aliphatic carbocycles. The Hall–Kier alpha value is -4.14. The number of aryl methyl sites for hydroxylation is 1. The first-order valence-electron chi connectivity index (χ1n) is 8.60. The average molecular weight is 391 g/mol. The van der Waals surface area contributed by atoms with Crippen molar-refractivity contribution in [3.05, 3.63) is 87.7 Å². The molecule has 3 aromatic carbocycles. The maximum absolute atomic E-state index is 13.1. The number of amides is 1. The van der Waals surface area contributed by atoms with Gasteiger partial charge in [0.25, 0.3) is 11.6 Å². The highest BCUT2D eigenvalue weighted by molar-refractivity contribution is 6.05. The van der Waals surface area contributed by atoms with Crippen LogP contribution in [0.4, 0.5) is 15.8 Å². The van der Waals surface area contributed by atoms with Gasteiger partial charge in [0.05, 0.1) is 10.6 Å². The van der Waals surface area contributed by atoms with Crippen molar-refractivity contribution in [2.24, 2.45) is 0 Å². The zero-order valence-electron chi connectivity index (χ0n) is 15.2. The quantitative estimate of drug-likeness (QED) is 0.418. The van der Waals surface area contributed by atoms with Gasteiger partial charge < -0.3 is 5.32 Å². The fourth-order valence-electron chi connectivity index (χ4n) is 2.82. The molecule has 29 heavy (non-hydrogen) atoms. The Labute approximate surface area is 163 Å². The number of halogens is 1. The third kappa shape index (κ3) is 3.65. The minimum Gasteiger partial charge on any atom is -0.322 e. The molecule has 0 unspecified atom stereocenters. The number of aromatic nitrogens is 3. The molecule has 0 saturated carbocycles. The lowest BCUT2D eigenvalue weighted by Gasteiger charge is -2.08. The van der Waals surface area contributed by atoms with Gasteiger partial charge in [-0.2, -0.15) is 4.80 Å². The van der Waals surface area contributed by atoms with E-state index in [1.165, 1.54) is 41.2 Å². The molecule has 144 valence electrons.